The number of phenols is 1. The average molecular weight is 605 g/mol. The van der Waals surface area contributed by atoms with Crippen molar-refractivity contribution < 1.29 is 29.2 Å². The number of ketones is 1. The van der Waals surface area contributed by atoms with Gasteiger partial charge in [-0.3, -0.25) is 15.1 Å². The number of guanidine groups is 1. The van der Waals surface area contributed by atoms with E-state index >= 15 is 0 Å². The number of benzene rings is 2. The molecule has 1 aliphatic heterocycles. The number of hydrogen-bond acceptors (Lipinski definition) is 8. The molecule has 2 aromatic carbocycles. The van der Waals surface area contributed by atoms with Crippen LogP contribution in [0.25, 0.3) is 0 Å². The lowest BCUT2D eigenvalue weighted by atomic mass is 9.76. The SMILES string of the molecule is CNCOc1c2cc3c4c1OC[C@H](CCN=C(N)N)[C@H]4CCC[C@H]3C[C@@H](O)CC(=O)CCc1ccc(O)c(OC)c1C#CC2. The Kier molecular flexibility index (Phi) is 10.2. The van der Waals surface area contributed by atoms with Crippen LogP contribution >= 0.6 is 0 Å². The molecular weight excluding hydrogens is 560 g/mol. The number of aliphatic imine (C=N–C) groups is 1. The number of carbonyl (C=O) groups is 1. The first-order valence-corrected chi connectivity index (χ1v) is 15.5. The molecule has 0 saturated carbocycles. The molecule has 0 unspecified atom stereocenters. The monoisotopic (exact) mass is 604 g/mol. The Morgan fingerprint density at radius 2 is 2.05 bits per heavy atom. The topological polar surface area (TPSA) is 162 Å². The van der Waals surface area contributed by atoms with Crippen molar-refractivity contribution in [3.8, 4) is 34.8 Å². The molecule has 0 fully saturated rings. The van der Waals surface area contributed by atoms with Gasteiger partial charge in [-0.05, 0) is 68.2 Å². The Balaban J connectivity index is 1.65. The van der Waals surface area contributed by atoms with Gasteiger partial charge in [-0.15, -0.1) is 0 Å². The van der Waals surface area contributed by atoms with E-state index < -0.39 is 6.10 Å². The Bertz CT molecular complexity index is 1460. The number of aliphatic hydroxyl groups is 1. The van der Waals surface area contributed by atoms with E-state index in [1.54, 1.807) is 12.1 Å². The zero-order valence-corrected chi connectivity index (χ0v) is 25.7. The molecule has 4 atom stereocenters. The fraction of sp³-hybridized carbons (Fsp3) is 0.529. The highest BCUT2D eigenvalue weighted by atomic mass is 16.5. The molecule has 10 nitrogen and oxygen atoms in total. The summed E-state index contributed by atoms with van der Waals surface area (Å²) >= 11 is 0. The maximum Gasteiger partial charge on any atom is 0.185 e. The molecule has 5 rings (SSSR count). The van der Waals surface area contributed by atoms with Crippen LogP contribution in [0.1, 0.15) is 84.6 Å². The first kappa shape index (κ1) is 31.5. The molecule has 7 N–H and O–H groups in total. The van der Waals surface area contributed by atoms with Gasteiger partial charge in [0.1, 0.15) is 12.5 Å². The highest BCUT2D eigenvalue weighted by molar-refractivity contribution is 5.79. The number of aliphatic hydroxyl groups excluding tert-OH is 1. The summed E-state index contributed by atoms with van der Waals surface area (Å²) in [4.78, 5) is 17.3. The Hall–Kier alpha value is -3.94. The maximum atomic E-state index is 13.0. The van der Waals surface area contributed by atoms with Gasteiger partial charge < -0.3 is 35.9 Å². The fourth-order valence-corrected chi connectivity index (χ4v) is 7.02. The molecular formula is C34H44N4O6. The number of nitrogens with two attached hydrogens (primary N) is 2. The second-order valence-corrected chi connectivity index (χ2v) is 12.0. The zero-order valence-electron chi connectivity index (χ0n) is 25.7. The number of phenolic OH excluding ortho intramolecular Hbond substituents is 1. The van der Waals surface area contributed by atoms with E-state index in [2.05, 4.69) is 28.2 Å². The van der Waals surface area contributed by atoms with Crippen molar-refractivity contribution in [1.29, 1.82) is 0 Å². The second kappa shape index (κ2) is 14.2. The molecule has 0 saturated heterocycles. The van der Waals surface area contributed by atoms with Crippen LogP contribution in [0.15, 0.2) is 23.2 Å². The van der Waals surface area contributed by atoms with Crippen LogP contribution in [-0.2, 0) is 17.6 Å². The largest absolute Gasteiger partial charge is 0.504 e. The Morgan fingerprint density at radius 3 is 2.82 bits per heavy atom. The maximum absolute atomic E-state index is 13.0. The molecule has 3 aliphatic rings. The van der Waals surface area contributed by atoms with Gasteiger partial charge in [0, 0.05) is 42.9 Å². The van der Waals surface area contributed by atoms with Crippen LogP contribution in [0.3, 0.4) is 0 Å². The summed E-state index contributed by atoms with van der Waals surface area (Å²) < 4.78 is 18.4. The van der Waals surface area contributed by atoms with E-state index in [-0.39, 0.29) is 53.8 Å². The lowest BCUT2D eigenvalue weighted by molar-refractivity contribution is -0.121. The van der Waals surface area contributed by atoms with Crippen LogP contribution in [0, 0.1) is 17.8 Å². The number of aryl methyl sites for hydroxylation is 1. The van der Waals surface area contributed by atoms with E-state index in [1.807, 2.05) is 7.05 Å². The van der Waals surface area contributed by atoms with Crippen molar-refractivity contribution in [3.63, 3.8) is 0 Å². The van der Waals surface area contributed by atoms with Gasteiger partial charge in [0.2, 0.25) is 0 Å². The molecule has 2 aliphatic carbocycles. The van der Waals surface area contributed by atoms with Gasteiger partial charge >= 0.3 is 0 Å². The number of nitrogens with zero attached hydrogens (tertiary/aromatic N) is 1. The zero-order chi connectivity index (χ0) is 31.2. The minimum Gasteiger partial charge on any atom is -0.504 e. The smallest absolute Gasteiger partial charge is 0.185 e. The third-order valence-electron chi connectivity index (χ3n) is 9.04. The standard InChI is InChI=1S/C34H44N4O6/c1-37-19-44-31-22-6-4-8-27-20(10-12-29(41)32(27)42-2)9-11-24(39)17-25(40)15-21-5-3-7-26-23(13-14-38-34(35)36)18-43-33(31)30(26)28(21)16-22/h10,12,16,21,23,25-26,37,40-41H,3,5-7,9,11,13-15,17-19H2,1-2H3,(H4,35,36,38)/t21-,23-,25+,26+/m0/s1. The van der Waals surface area contributed by atoms with Crippen LogP contribution in [-0.4, -0.2) is 62.1 Å². The van der Waals surface area contributed by atoms with Gasteiger partial charge in [0.25, 0.3) is 0 Å². The number of nitrogens with one attached hydrogen (secondary N) is 1. The number of hydrogen-bond donors (Lipinski definition) is 5. The van der Waals surface area contributed by atoms with Crippen molar-refractivity contribution in [2.75, 3.05) is 34.0 Å². The first-order chi connectivity index (χ1) is 21.3. The van der Waals surface area contributed by atoms with Crippen LogP contribution < -0.4 is 31.0 Å². The average Bonchev–Trinajstić information content (AvgIpc) is 3.16. The minimum atomic E-state index is -0.763. The lowest BCUT2D eigenvalue weighted by Crippen LogP contribution is -2.29. The highest BCUT2D eigenvalue weighted by Crippen LogP contribution is 2.54. The van der Waals surface area contributed by atoms with Gasteiger partial charge in [0.15, 0.2) is 29.0 Å². The molecule has 0 amide bonds. The van der Waals surface area contributed by atoms with Gasteiger partial charge in [-0.1, -0.05) is 30.4 Å². The molecule has 2 aromatic rings. The Morgan fingerprint density at radius 1 is 1.20 bits per heavy atom. The number of carbonyl (C=O) groups excluding carboxylic acids is 1. The third kappa shape index (κ3) is 6.90. The molecule has 44 heavy (non-hydrogen) atoms. The summed E-state index contributed by atoms with van der Waals surface area (Å²) in [6.07, 6.45) is 4.55. The highest BCUT2D eigenvalue weighted by Gasteiger charge is 2.39. The van der Waals surface area contributed by atoms with Crippen LogP contribution in [0.4, 0.5) is 0 Å². The van der Waals surface area contributed by atoms with Crippen molar-refractivity contribution in [1.82, 2.24) is 5.32 Å². The first-order valence-electron chi connectivity index (χ1n) is 15.5. The molecule has 236 valence electrons. The van der Waals surface area contributed by atoms with Crippen LogP contribution in [0.2, 0.25) is 0 Å². The number of fused-ring (bicyclic) bond motifs is 2. The van der Waals surface area contributed by atoms with Crippen LogP contribution in [0.5, 0.6) is 23.0 Å². The Labute approximate surface area is 259 Å². The second-order valence-electron chi connectivity index (χ2n) is 12.0. The van der Waals surface area contributed by atoms with E-state index in [0.29, 0.717) is 50.5 Å². The summed E-state index contributed by atoms with van der Waals surface area (Å²) in [6, 6.07) is 5.52. The van der Waals surface area contributed by atoms with Gasteiger partial charge in [0.05, 0.1) is 25.4 Å². The molecule has 10 heteroatoms. The van der Waals surface area contributed by atoms with E-state index in [9.17, 15) is 15.0 Å². The number of Topliss-reactive ketones (excluding diaryl/α,β-unsaturated/α-hetero) is 1. The van der Waals surface area contributed by atoms with E-state index in [1.165, 1.54) is 7.11 Å². The third-order valence-corrected chi connectivity index (χ3v) is 9.04. The molecule has 0 radical (unpaired) electrons. The summed E-state index contributed by atoms with van der Waals surface area (Å²) in [7, 11) is 3.32. The molecule has 2 bridgehead atoms. The summed E-state index contributed by atoms with van der Waals surface area (Å²) in [6.45, 7) is 1.34. The molecule has 0 aromatic heterocycles. The van der Waals surface area contributed by atoms with Crippen molar-refractivity contribution in [3.05, 3.63) is 46.0 Å². The predicted molar refractivity (Wildman–Crippen MR) is 168 cm³/mol. The summed E-state index contributed by atoms with van der Waals surface area (Å²) in [5.74, 6) is 8.81. The molecule has 1 heterocycles. The summed E-state index contributed by atoms with van der Waals surface area (Å²) in [5.41, 5.74) is 15.7. The van der Waals surface area contributed by atoms with Crippen molar-refractivity contribution in [2.45, 2.75) is 75.7 Å². The van der Waals surface area contributed by atoms with Gasteiger partial charge in [-0.25, -0.2) is 0 Å². The lowest BCUT2D eigenvalue weighted by Gasteiger charge is -2.36. The predicted octanol–water partition coefficient (Wildman–Crippen LogP) is 3.23. The van der Waals surface area contributed by atoms with Gasteiger partial charge in [-0.2, -0.15) is 0 Å². The number of ether oxygens (including phenoxy) is 3. The summed E-state index contributed by atoms with van der Waals surface area (Å²) in [5, 5.41) is 24.7. The number of aromatic hydroxyl groups is 1. The van der Waals surface area contributed by atoms with Crippen molar-refractivity contribution >= 4 is 11.7 Å². The van der Waals surface area contributed by atoms with E-state index in [0.717, 1.165) is 53.7 Å². The number of methoxy groups -OCH3 is 1. The quantitative estimate of drug-likeness (QED) is 0.138. The normalized spacial score (nSPS) is 22.9. The van der Waals surface area contributed by atoms with E-state index in [4.69, 9.17) is 25.7 Å². The van der Waals surface area contributed by atoms with Crippen molar-refractivity contribution in [2.24, 2.45) is 22.4 Å². The fourth-order valence-electron chi connectivity index (χ4n) is 7.02. The minimum absolute atomic E-state index is 0.00789. The molecule has 0 spiro atoms. The number of rotatable bonds is 7.